The number of nitrogens with zero attached hydrogens (tertiary/aromatic N) is 2. The summed E-state index contributed by atoms with van der Waals surface area (Å²) < 4.78 is 19.2. The summed E-state index contributed by atoms with van der Waals surface area (Å²) in [6, 6.07) is 6.42. The van der Waals surface area contributed by atoms with Crippen LogP contribution in [0.25, 0.3) is 0 Å². The zero-order valence-corrected chi connectivity index (χ0v) is 9.40. The van der Waals surface area contributed by atoms with Gasteiger partial charge in [-0.05, 0) is 18.2 Å². The fourth-order valence-electron chi connectivity index (χ4n) is 1.91. The SMILES string of the molecule is N#Cc1ccc(N2CCOC(CN)C2)c(F)c1. The van der Waals surface area contributed by atoms with Gasteiger partial charge in [0.1, 0.15) is 5.82 Å². The Kier molecular flexibility index (Phi) is 3.57. The van der Waals surface area contributed by atoms with Crippen LogP contribution in [0.4, 0.5) is 10.1 Å². The van der Waals surface area contributed by atoms with Crippen LogP contribution in [0.3, 0.4) is 0 Å². The molecule has 1 aliphatic heterocycles. The molecule has 5 heteroatoms. The summed E-state index contributed by atoms with van der Waals surface area (Å²) in [5, 5.41) is 8.68. The van der Waals surface area contributed by atoms with Gasteiger partial charge in [0, 0.05) is 19.6 Å². The molecule has 90 valence electrons. The molecule has 17 heavy (non-hydrogen) atoms. The number of rotatable bonds is 2. The lowest BCUT2D eigenvalue weighted by atomic mass is 10.1. The van der Waals surface area contributed by atoms with Crippen LogP contribution in [0.2, 0.25) is 0 Å². The van der Waals surface area contributed by atoms with Gasteiger partial charge in [0.05, 0.1) is 30.0 Å². The molecule has 1 saturated heterocycles. The van der Waals surface area contributed by atoms with Crippen molar-refractivity contribution in [1.82, 2.24) is 0 Å². The monoisotopic (exact) mass is 235 g/mol. The predicted octanol–water partition coefficient (Wildman–Crippen LogP) is 0.861. The molecule has 0 bridgehead atoms. The lowest BCUT2D eigenvalue weighted by Gasteiger charge is -2.34. The third-order valence-corrected chi connectivity index (χ3v) is 2.82. The van der Waals surface area contributed by atoms with Gasteiger partial charge >= 0.3 is 0 Å². The quantitative estimate of drug-likeness (QED) is 0.826. The molecule has 0 aromatic heterocycles. The fourth-order valence-corrected chi connectivity index (χ4v) is 1.91. The van der Waals surface area contributed by atoms with Crippen LogP contribution >= 0.6 is 0 Å². The van der Waals surface area contributed by atoms with E-state index in [4.69, 9.17) is 15.7 Å². The Morgan fingerprint density at radius 1 is 1.59 bits per heavy atom. The summed E-state index contributed by atoms with van der Waals surface area (Å²) in [6.07, 6.45) is -0.0567. The molecular formula is C12H14FN3O. The van der Waals surface area contributed by atoms with E-state index in [0.29, 0.717) is 37.5 Å². The summed E-state index contributed by atoms with van der Waals surface area (Å²) in [5.41, 5.74) is 6.37. The van der Waals surface area contributed by atoms with Crippen molar-refractivity contribution in [1.29, 1.82) is 5.26 Å². The van der Waals surface area contributed by atoms with Gasteiger partial charge in [-0.25, -0.2) is 4.39 Å². The first kappa shape index (κ1) is 11.8. The standard InChI is InChI=1S/C12H14FN3O/c13-11-5-9(6-14)1-2-12(11)16-3-4-17-10(7-15)8-16/h1-2,5,10H,3-4,7-8,15H2. The molecule has 1 aromatic rings. The van der Waals surface area contributed by atoms with E-state index in [1.54, 1.807) is 12.1 Å². The summed E-state index contributed by atoms with van der Waals surface area (Å²) in [5.74, 6) is -0.373. The minimum absolute atomic E-state index is 0.0567. The van der Waals surface area contributed by atoms with E-state index in [1.807, 2.05) is 11.0 Å². The molecule has 1 aromatic carbocycles. The van der Waals surface area contributed by atoms with Crippen LogP contribution in [0.1, 0.15) is 5.56 Å². The molecule has 1 heterocycles. The maximum absolute atomic E-state index is 13.8. The Hall–Kier alpha value is -1.64. The molecule has 2 rings (SSSR count). The van der Waals surface area contributed by atoms with Crippen LogP contribution in [0.15, 0.2) is 18.2 Å². The van der Waals surface area contributed by atoms with E-state index in [1.165, 1.54) is 6.07 Å². The number of benzene rings is 1. The molecule has 0 amide bonds. The number of hydrogen-bond acceptors (Lipinski definition) is 4. The Labute approximate surface area is 99.4 Å². The highest BCUT2D eigenvalue weighted by Crippen LogP contribution is 2.22. The fraction of sp³-hybridized carbons (Fsp3) is 0.417. The van der Waals surface area contributed by atoms with E-state index >= 15 is 0 Å². The molecule has 0 spiro atoms. The second kappa shape index (κ2) is 5.13. The van der Waals surface area contributed by atoms with Gasteiger partial charge in [-0.15, -0.1) is 0 Å². The van der Waals surface area contributed by atoms with Gasteiger partial charge in [0.2, 0.25) is 0 Å². The van der Waals surface area contributed by atoms with E-state index in [-0.39, 0.29) is 11.9 Å². The molecular weight excluding hydrogens is 221 g/mol. The third kappa shape index (κ3) is 2.54. The van der Waals surface area contributed by atoms with Crippen molar-refractivity contribution in [3.8, 4) is 6.07 Å². The smallest absolute Gasteiger partial charge is 0.147 e. The maximum atomic E-state index is 13.8. The van der Waals surface area contributed by atoms with Gasteiger partial charge in [-0.1, -0.05) is 0 Å². The molecule has 4 nitrogen and oxygen atoms in total. The third-order valence-electron chi connectivity index (χ3n) is 2.82. The van der Waals surface area contributed by atoms with E-state index < -0.39 is 0 Å². The minimum Gasteiger partial charge on any atom is -0.373 e. The highest BCUT2D eigenvalue weighted by Gasteiger charge is 2.21. The lowest BCUT2D eigenvalue weighted by Crippen LogP contribution is -2.46. The number of nitriles is 1. The molecule has 1 atom stereocenters. The zero-order chi connectivity index (χ0) is 12.3. The first-order valence-electron chi connectivity index (χ1n) is 5.51. The topological polar surface area (TPSA) is 62.3 Å². The second-order valence-electron chi connectivity index (χ2n) is 3.95. The predicted molar refractivity (Wildman–Crippen MR) is 62.1 cm³/mol. The number of anilines is 1. The van der Waals surface area contributed by atoms with Crippen molar-refractivity contribution in [3.63, 3.8) is 0 Å². The van der Waals surface area contributed by atoms with Gasteiger partial charge in [-0.2, -0.15) is 5.26 Å². The minimum atomic E-state index is -0.373. The van der Waals surface area contributed by atoms with Crippen molar-refractivity contribution in [2.24, 2.45) is 5.73 Å². The Morgan fingerprint density at radius 2 is 2.41 bits per heavy atom. The van der Waals surface area contributed by atoms with Crippen LogP contribution in [0.5, 0.6) is 0 Å². The van der Waals surface area contributed by atoms with Crippen LogP contribution in [-0.4, -0.2) is 32.3 Å². The second-order valence-corrected chi connectivity index (χ2v) is 3.95. The summed E-state index contributed by atoms with van der Waals surface area (Å²) >= 11 is 0. The Balaban J connectivity index is 2.19. The van der Waals surface area contributed by atoms with Gasteiger partial charge < -0.3 is 15.4 Å². The molecule has 1 fully saturated rings. The number of hydrogen-bond donors (Lipinski definition) is 1. The average molecular weight is 235 g/mol. The van der Waals surface area contributed by atoms with E-state index in [0.717, 1.165) is 0 Å². The van der Waals surface area contributed by atoms with Crippen molar-refractivity contribution in [2.75, 3.05) is 31.1 Å². The molecule has 0 saturated carbocycles. The number of halogens is 1. The van der Waals surface area contributed by atoms with Gasteiger partial charge in [0.15, 0.2) is 0 Å². The van der Waals surface area contributed by atoms with Crippen LogP contribution in [0, 0.1) is 17.1 Å². The van der Waals surface area contributed by atoms with Crippen molar-refractivity contribution >= 4 is 5.69 Å². The normalized spacial score (nSPS) is 20.1. The first-order chi connectivity index (χ1) is 8.24. The van der Waals surface area contributed by atoms with Gasteiger partial charge in [0.25, 0.3) is 0 Å². The van der Waals surface area contributed by atoms with Crippen LogP contribution in [-0.2, 0) is 4.74 Å². The largest absolute Gasteiger partial charge is 0.373 e. The number of ether oxygens (including phenoxy) is 1. The van der Waals surface area contributed by atoms with Crippen molar-refractivity contribution < 1.29 is 9.13 Å². The highest BCUT2D eigenvalue weighted by molar-refractivity contribution is 5.51. The molecule has 2 N–H and O–H groups in total. The van der Waals surface area contributed by atoms with Gasteiger partial charge in [-0.3, -0.25) is 0 Å². The van der Waals surface area contributed by atoms with E-state index in [9.17, 15) is 4.39 Å². The Bertz CT molecular complexity index is 444. The summed E-state index contributed by atoms with van der Waals surface area (Å²) in [6.45, 7) is 2.19. The van der Waals surface area contributed by atoms with E-state index in [2.05, 4.69) is 0 Å². The highest BCUT2D eigenvalue weighted by atomic mass is 19.1. The van der Waals surface area contributed by atoms with Crippen molar-refractivity contribution in [2.45, 2.75) is 6.10 Å². The average Bonchev–Trinajstić information content (AvgIpc) is 2.38. The summed E-state index contributed by atoms with van der Waals surface area (Å²) in [7, 11) is 0. The Morgan fingerprint density at radius 3 is 3.06 bits per heavy atom. The number of morpholine rings is 1. The molecule has 0 aliphatic carbocycles. The summed E-state index contributed by atoms with van der Waals surface area (Å²) in [4.78, 5) is 1.90. The maximum Gasteiger partial charge on any atom is 0.147 e. The van der Waals surface area contributed by atoms with Crippen LogP contribution < -0.4 is 10.6 Å². The first-order valence-corrected chi connectivity index (χ1v) is 5.51. The number of nitrogens with two attached hydrogens (primary N) is 1. The molecule has 1 unspecified atom stereocenters. The van der Waals surface area contributed by atoms with Crippen molar-refractivity contribution in [3.05, 3.63) is 29.6 Å². The molecule has 1 aliphatic rings. The molecule has 0 radical (unpaired) electrons. The lowest BCUT2D eigenvalue weighted by molar-refractivity contribution is 0.0463. The zero-order valence-electron chi connectivity index (χ0n) is 9.40.